The lowest BCUT2D eigenvalue weighted by Crippen LogP contribution is -2.46. The monoisotopic (exact) mass is 246 g/mol. The maximum absolute atomic E-state index is 11.6. The summed E-state index contributed by atoms with van der Waals surface area (Å²) in [5, 5.41) is 2.73. The van der Waals surface area contributed by atoms with E-state index in [4.69, 9.17) is 5.73 Å². The quantitative estimate of drug-likeness (QED) is 0.810. The molecular formula is C14H18N2O2. The fourth-order valence-corrected chi connectivity index (χ4v) is 1.82. The first-order chi connectivity index (χ1) is 8.56. The normalized spacial score (nSPS) is 16.1. The Morgan fingerprint density at radius 3 is 2.44 bits per heavy atom. The molecule has 2 rings (SSSR count). The van der Waals surface area contributed by atoms with Crippen molar-refractivity contribution in [3.63, 3.8) is 0 Å². The number of carbonyl (C=O) groups is 2. The van der Waals surface area contributed by atoms with E-state index in [-0.39, 0.29) is 11.8 Å². The zero-order valence-corrected chi connectivity index (χ0v) is 10.5. The van der Waals surface area contributed by atoms with Crippen LogP contribution < -0.4 is 11.1 Å². The van der Waals surface area contributed by atoms with Gasteiger partial charge in [0.2, 0.25) is 11.8 Å². The van der Waals surface area contributed by atoms with Crippen molar-refractivity contribution in [1.82, 2.24) is 5.32 Å². The van der Waals surface area contributed by atoms with Gasteiger partial charge in [-0.15, -0.1) is 0 Å². The molecule has 0 heterocycles. The molecule has 0 spiro atoms. The van der Waals surface area contributed by atoms with E-state index in [1.54, 1.807) is 0 Å². The molecule has 1 aromatic rings. The highest BCUT2D eigenvalue weighted by atomic mass is 16.2. The molecule has 96 valence electrons. The first-order valence-electron chi connectivity index (χ1n) is 6.21. The van der Waals surface area contributed by atoms with Gasteiger partial charge in [-0.2, -0.15) is 0 Å². The lowest BCUT2D eigenvalue weighted by atomic mass is 10.0. The summed E-state index contributed by atoms with van der Waals surface area (Å²) >= 11 is 0. The summed E-state index contributed by atoms with van der Waals surface area (Å²) in [5.74, 6) is -0.444. The summed E-state index contributed by atoms with van der Waals surface area (Å²) in [7, 11) is 0. The number of hydrogen-bond donors (Lipinski definition) is 2. The Morgan fingerprint density at radius 2 is 1.94 bits per heavy atom. The maximum Gasteiger partial charge on any atom is 0.240 e. The van der Waals surface area contributed by atoms with Crippen LogP contribution in [0.1, 0.15) is 24.0 Å². The summed E-state index contributed by atoms with van der Waals surface area (Å²) in [5.41, 5.74) is 7.49. The van der Waals surface area contributed by atoms with Crippen molar-refractivity contribution in [2.45, 2.75) is 32.2 Å². The number of nitrogens with one attached hydrogen (secondary N) is 1. The van der Waals surface area contributed by atoms with Crippen molar-refractivity contribution in [2.24, 2.45) is 11.7 Å². The zero-order chi connectivity index (χ0) is 13.1. The predicted octanol–water partition coefficient (Wildman–Crippen LogP) is 0.918. The molecule has 1 aliphatic rings. The van der Waals surface area contributed by atoms with Crippen molar-refractivity contribution in [3.05, 3.63) is 35.4 Å². The van der Waals surface area contributed by atoms with Gasteiger partial charge in [0, 0.05) is 12.3 Å². The van der Waals surface area contributed by atoms with E-state index in [0.29, 0.717) is 6.42 Å². The third-order valence-electron chi connectivity index (χ3n) is 3.17. The van der Waals surface area contributed by atoms with Gasteiger partial charge in [0.05, 0.1) is 0 Å². The van der Waals surface area contributed by atoms with Crippen LogP contribution in [0.4, 0.5) is 0 Å². The van der Waals surface area contributed by atoms with Crippen molar-refractivity contribution in [3.8, 4) is 0 Å². The van der Waals surface area contributed by atoms with Gasteiger partial charge in [-0.1, -0.05) is 29.8 Å². The molecule has 0 aromatic heterocycles. The number of primary amides is 1. The summed E-state index contributed by atoms with van der Waals surface area (Å²) in [6.45, 7) is 2.00. The number of benzene rings is 1. The summed E-state index contributed by atoms with van der Waals surface area (Å²) in [4.78, 5) is 23.0. The van der Waals surface area contributed by atoms with Gasteiger partial charge in [-0.05, 0) is 25.3 Å². The van der Waals surface area contributed by atoms with Crippen molar-refractivity contribution >= 4 is 11.8 Å². The van der Waals surface area contributed by atoms with Gasteiger partial charge in [0.1, 0.15) is 6.04 Å². The molecule has 0 saturated heterocycles. The number of aryl methyl sites for hydroxylation is 1. The van der Waals surface area contributed by atoms with Crippen LogP contribution in [0.25, 0.3) is 0 Å². The third kappa shape index (κ3) is 3.32. The minimum atomic E-state index is -0.610. The molecule has 1 atom stereocenters. The second-order valence-corrected chi connectivity index (χ2v) is 4.93. The number of amides is 2. The second kappa shape index (κ2) is 5.21. The molecule has 1 aromatic carbocycles. The molecule has 0 bridgehead atoms. The molecule has 18 heavy (non-hydrogen) atoms. The SMILES string of the molecule is Cc1ccc(C[C@H](NC(=O)C2CC2)C(N)=O)cc1. The lowest BCUT2D eigenvalue weighted by molar-refractivity contribution is -0.128. The Hall–Kier alpha value is -1.84. The molecule has 1 aliphatic carbocycles. The number of carbonyl (C=O) groups excluding carboxylic acids is 2. The Morgan fingerprint density at radius 1 is 1.33 bits per heavy atom. The van der Waals surface area contributed by atoms with Gasteiger partial charge in [0.15, 0.2) is 0 Å². The largest absolute Gasteiger partial charge is 0.368 e. The number of hydrogen-bond acceptors (Lipinski definition) is 2. The minimum Gasteiger partial charge on any atom is -0.368 e. The molecule has 1 saturated carbocycles. The summed E-state index contributed by atoms with van der Waals surface area (Å²) < 4.78 is 0. The van der Waals surface area contributed by atoms with Crippen LogP contribution in [0.5, 0.6) is 0 Å². The van der Waals surface area contributed by atoms with Gasteiger partial charge in [-0.25, -0.2) is 0 Å². The van der Waals surface area contributed by atoms with Gasteiger partial charge in [-0.3, -0.25) is 9.59 Å². The van der Waals surface area contributed by atoms with E-state index < -0.39 is 11.9 Å². The number of nitrogens with two attached hydrogens (primary N) is 1. The Kier molecular flexibility index (Phi) is 3.65. The van der Waals surface area contributed by atoms with Crippen LogP contribution in [-0.2, 0) is 16.0 Å². The Labute approximate surface area is 107 Å². The molecule has 0 aliphatic heterocycles. The molecule has 4 heteroatoms. The topological polar surface area (TPSA) is 72.2 Å². The van der Waals surface area contributed by atoms with Gasteiger partial charge >= 0.3 is 0 Å². The van der Waals surface area contributed by atoms with E-state index in [1.165, 1.54) is 0 Å². The van der Waals surface area contributed by atoms with Crippen molar-refractivity contribution in [1.29, 1.82) is 0 Å². The van der Waals surface area contributed by atoms with Crippen LogP contribution in [0.3, 0.4) is 0 Å². The van der Waals surface area contributed by atoms with Crippen LogP contribution in [0.15, 0.2) is 24.3 Å². The highest BCUT2D eigenvalue weighted by Gasteiger charge is 2.32. The van der Waals surface area contributed by atoms with Crippen molar-refractivity contribution < 1.29 is 9.59 Å². The van der Waals surface area contributed by atoms with Crippen LogP contribution >= 0.6 is 0 Å². The highest BCUT2D eigenvalue weighted by molar-refractivity contribution is 5.88. The molecule has 4 nitrogen and oxygen atoms in total. The van der Waals surface area contributed by atoms with E-state index in [2.05, 4.69) is 5.32 Å². The van der Waals surface area contributed by atoms with Crippen LogP contribution in [-0.4, -0.2) is 17.9 Å². The van der Waals surface area contributed by atoms with Crippen LogP contribution in [0, 0.1) is 12.8 Å². The molecular weight excluding hydrogens is 228 g/mol. The lowest BCUT2D eigenvalue weighted by Gasteiger charge is -2.15. The zero-order valence-electron chi connectivity index (χ0n) is 10.5. The average molecular weight is 246 g/mol. The molecule has 0 unspecified atom stereocenters. The standard InChI is InChI=1S/C14H18N2O2/c1-9-2-4-10(5-3-9)8-12(13(15)17)16-14(18)11-6-7-11/h2-5,11-12H,6-8H2,1H3,(H2,15,17)(H,16,18)/t12-/m0/s1. The predicted molar refractivity (Wildman–Crippen MR) is 68.7 cm³/mol. The summed E-state index contributed by atoms with van der Waals surface area (Å²) in [6, 6.07) is 7.26. The summed E-state index contributed by atoms with van der Waals surface area (Å²) in [6.07, 6.45) is 2.29. The van der Waals surface area contributed by atoms with Gasteiger partial charge < -0.3 is 11.1 Å². The Bertz CT molecular complexity index is 449. The van der Waals surface area contributed by atoms with Crippen LogP contribution in [0.2, 0.25) is 0 Å². The first kappa shape index (κ1) is 12.6. The fourth-order valence-electron chi connectivity index (χ4n) is 1.82. The maximum atomic E-state index is 11.6. The fraction of sp³-hybridized carbons (Fsp3) is 0.429. The third-order valence-corrected chi connectivity index (χ3v) is 3.17. The minimum absolute atomic E-state index is 0.0501. The first-order valence-corrected chi connectivity index (χ1v) is 6.21. The average Bonchev–Trinajstić information content (AvgIpc) is 3.14. The molecule has 0 radical (unpaired) electrons. The molecule has 3 N–H and O–H groups in total. The van der Waals surface area contributed by atoms with Gasteiger partial charge in [0.25, 0.3) is 0 Å². The Balaban J connectivity index is 1.99. The molecule has 2 amide bonds. The van der Waals surface area contributed by atoms with E-state index in [9.17, 15) is 9.59 Å². The highest BCUT2D eigenvalue weighted by Crippen LogP contribution is 2.28. The second-order valence-electron chi connectivity index (χ2n) is 4.93. The smallest absolute Gasteiger partial charge is 0.240 e. The molecule has 1 fully saturated rings. The van der Waals surface area contributed by atoms with Crippen molar-refractivity contribution in [2.75, 3.05) is 0 Å². The van der Waals surface area contributed by atoms with E-state index in [0.717, 1.165) is 24.0 Å². The van der Waals surface area contributed by atoms with E-state index in [1.807, 2.05) is 31.2 Å². The number of rotatable bonds is 5. The van der Waals surface area contributed by atoms with E-state index >= 15 is 0 Å².